The van der Waals surface area contributed by atoms with Crippen molar-refractivity contribution in [3.63, 3.8) is 0 Å². The van der Waals surface area contributed by atoms with Gasteiger partial charge in [-0.15, -0.1) is 0 Å². The van der Waals surface area contributed by atoms with Gasteiger partial charge in [-0.1, -0.05) is 51.1 Å². The number of para-hydroxylation sites is 1. The maximum Gasteiger partial charge on any atom is 0.243 e. The Morgan fingerprint density at radius 1 is 1.13 bits per heavy atom. The number of aryl methyl sites for hydroxylation is 2. The summed E-state index contributed by atoms with van der Waals surface area (Å²) in [6.07, 6.45) is 1.12. The lowest BCUT2D eigenvalue weighted by atomic mass is 9.86. The van der Waals surface area contributed by atoms with Crippen molar-refractivity contribution in [2.24, 2.45) is 0 Å². The standard InChI is InChI=1S/C24H34N2O4S/c1-17-12-13-18(2)21(16-17)26(31(7,28)29)19(3)23(27)25-14-15-30-22-11-9-8-10-20(22)24(4,5)6/h8-13,16,19H,14-15H2,1-7H3,(H,25,27)/t19-/m1/s1. The number of rotatable bonds is 8. The molecule has 0 unspecified atom stereocenters. The van der Waals surface area contributed by atoms with Gasteiger partial charge in [0.1, 0.15) is 18.4 Å². The molecule has 0 saturated carbocycles. The first-order chi connectivity index (χ1) is 14.3. The molecule has 1 amide bonds. The van der Waals surface area contributed by atoms with Gasteiger partial charge in [-0.3, -0.25) is 9.10 Å². The number of benzene rings is 2. The highest BCUT2D eigenvalue weighted by Gasteiger charge is 2.30. The molecule has 170 valence electrons. The predicted molar refractivity (Wildman–Crippen MR) is 126 cm³/mol. The number of anilines is 1. The minimum Gasteiger partial charge on any atom is -0.491 e. The lowest BCUT2D eigenvalue weighted by Gasteiger charge is -2.29. The van der Waals surface area contributed by atoms with Crippen LogP contribution in [0.2, 0.25) is 0 Å². The van der Waals surface area contributed by atoms with Crippen LogP contribution in [0.25, 0.3) is 0 Å². The minimum absolute atomic E-state index is 0.0595. The van der Waals surface area contributed by atoms with E-state index in [0.717, 1.165) is 28.7 Å². The van der Waals surface area contributed by atoms with Gasteiger partial charge in [0.15, 0.2) is 0 Å². The van der Waals surface area contributed by atoms with Gasteiger partial charge in [-0.25, -0.2) is 8.42 Å². The van der Waals surface area contributed by atoms with E-state index in [0.29, 0.717) is 5.69 Å². The van der Waals surface area contributed by atoms with Crippen LogP contribution in [0.1, 0.15) is 44.4 Å². The zero-order valence-electron chi connectivity index (χ0n) is 19.5. The number of hydrogen-bond acceptors (Lipinski definition) is 4. The quantitative estimate of drug-likeness (QED) is 0.623. The minimum atomic E-state index is -3.66. The average molecular weight is 447 g/mol. The lowest BCUT2D eigenvalue weighted by Crippen LogP contribution is -2.48. The predicted octanol–water partition coefficient (Wildman–Crippen LogP) is 3.95. The first-order valence-electron chi connectivity index (χ1n) is 10.4. The Kier molecular flexibility index (Phi) is 7.76. The molecule has 2 aromatic rings. The zero-order valence-corrected chi connectivity index (χ0v) is 20.3. The topological polar surface area (TPSA) is 75.7 Å². The summed E-state index contributed by atoms with van der Waals surface area (Å²) in [5.41, 5.74) is 3.26. The number of carbonyl (C=O) groups excluding carboxylic acids is 1. The molecule has 0 saturated heterocycles. The summed E-state index contributed by atoms with van der Waals surface area (Å²) < 4.78 is 32.1. The van der Waals surface area contributed by atoms with E-state index in [4.69, 9.17) is 4.74 Å². The highest BCUT2D eigenvalue weighted by molar-refractivity contribution is 7.92. The fourth-order valence-corrected chi connectivity index (χ4v) is 4.66. The van der Waals surface area contributed by atoms with E-state index >= 15 is 0 Å². The second kappa shape index (κ2) is 9.73. The molecule has 2 rings (SSSR count). The Morgan fingerprint density at radius 2 is 1.77 bits per heavy atom. The van der Waals surface area contributed by atoms with Gasteiger partial charge in [-0.2, -0.15) is 0 Å². The number of hydrogen-bond donors (Lipinski definition) is 1. The molecule has 0 spiro atoms. The SMILES string of the molecule is Cc1ccc(C)c(N([C@H](C)C(=O)NCCOc2ccccc2C(C)(C)C)S(C)(=O)=O)c1. The number of nitrogens with zero attached hydrogens (tertiary/aromatic N) is 1. The normalized spacial score (nSPS) is 12.9. The molecule has 0 aliphatic rings. The van der Waals surface area contributed by atoms with Gasteiger partial charge in [-0.05, 0) is 55.0 Å². The monoisotopic (exact) mass is 446 g/mol. The lowest BCUT2D eigenvalue weighted by molar-refractivity contribution is -0.121. The van der Waals surface area contributed by atoms with Crippen LogP contribution < -0.4 is 14.4 Å². The summed E-state index contributed by atoms with van der Waals surface area (Å²) in [5, 5.41) is 2.80. The summed E-state index contributed by atoms with van der Waals surface area (Å²) in [6, 6.07) is 12.5. The van der Waals surface area contributed by atoms with Crippen molar-refractivity contribution in [2.75, 3.05) is 23.7 Å². The molecule has 0 aliphatic carbocycles. The highest BCUT2D eigenvalue weighted by atomic mass is 32.2. The molecule has 0 heterocycles. The molecule has 2 aromatic carbocycles. The highest BCUT2D eigenvalue weighted by Crippen LogP contribution is 2.31. The summed E-state index contributed by atoms with van der Waals surface area (Å²) in [4.78, 5) is 12.8. The second-order valence-corrected chi connectivity index (χ2v) is 10.8. The van der Waals surface area contributed by atoms with Crippen LogP contribution in [-0.4, -0.2) is 39.8 Å². The molecule has 7 heteroatoms. The first-order valence-corrected chi connectivity index (χ1v) is 12.2. The summed E-state index contributed by atoms with van der Waals surface area (Å²) in [7, 11) is -3.66. The average Bonchev–Trinajstić information content (AvgIpc) is 2.66. The van der Waals surface area contributed by atoms with E-state index in [2.05, 4.69) is 26.1 Å². The van der Waals surface area contributed by atoms with E-state index in [-0.39, 0.29) is 24.5 Å². The Balaban J connectivity index is 2.07. The van der Waals surface area contributed by atoms with E-state index in [1.54, 1.807) is 13.0 Å². The van der Waals surface area contributed by atoms with Gasteiger partial charge >= 0.3 is 0 Å². The van der Waals surface area contributed by atoms with Crippen molar-refractivity contribution in [3.8, 4) is 5.75 Å². The smallest absolute Gasteiger partial charge is 0.243 e. The molecule has 1 atom stereocenters. The van der Waals surface area contributed by atoms with Crippen molar-refractivity contribution in [1.29, 1.82) is 0 Å². The Morgan fingerprint density at radius 3 is 2.39 bits per heavy atom. The number of ether oxygens (including phenoxy) is 1. The second-order valence-electron chi connectivity index (χ2n) is 8.91. The van der Waals surface area contributed by atoms with Crippen molar-refractivity contribution < 1.29 is 17.9 Å². The number of sulfonamides is 1. The number of carbonyl (C=O) groups is 1. The molecule has 31 heavy (non-hydrogen) atoms. The number of amides is 1. The molecule has 0 bridgehead atoms. The van der Waals surface area contributed by atoms with E-state index in [1.807, 2.05) is 50.2 Å². The summed E-state index contributed by atoms with van der Waals surface area (Å²) in [5.74, 6) is 0.407. The van der Waals surface area contributed by atoms with E-state index < -0.39 is 16.1 Å². The van der Waals surface area contributed by atoms with Crippen molar-refractivity contribution >= 4 is 21.6 Å². The van der Waals surface area contributed by atoms with Crippen LogP contribution in [0.15, 0.2) is 42.5 Å². The third-order valence-electron chi connectivity index (χ3n) is 5.04. The third-order valence-corrected chi connectivity index (χ3v) is 6.27. The van der Waals surface area contributed by atoms with Crippen LogP contribution in [0.4, 0.5) is 5.69 Å². The van der Waals surface area contributed by atoms with Crippen molar-refractivity contribution in [1.82, 2.24) is 5.32 Å². The van der Waals surface area contributed by atoms with Crippen molar-refractivity contribution in [2.45, 2.75) is 53.0 Å². The molecule has 0 radical (unpaired) electrons. The molecular weight excluding hydrogens is 412 g/mol. The van der Waals surface area contributed by atoms with Crippen LogP contribution >= 0.6 is 0 Å². The fourth-order valence-electron chi connectivity index (χ4n) is 3.43. The molecule has 0 aliphatic heterocycles. The zero-order chi connectivity index (χ0) is 23.4. The Labute approximate surface area is 186 Å². The van der Waals surface area contributed by atoms with E-state index in [9.17, 15) is 13.2 Å². The largest absolute Gasteiger partial charge is 0.491 e. The first kappa shape index (κ1) is 24.7. The fraction of sp³-hybridized carbons (Fsp3) is 0.458. The van der Waals surface area contributed by atoms with Gasteiger partial charge in [0.05, 0.1) is 18.5 Å². The molecular formula is C24H34N2O4S. The van der Waals surface area contributed by atoms with Gasteiger partial charge in [0, 0.05) is 0 Å². The van der Waals surface area contributed by atoms with Crippen LogP contribution in [0.5, 0.6) is 5.75 Å². The molecule has 0 fully saturated rings. The molecule has 0 aromatic heterocycles. The Bertz CT molecular complexity index is 1030. The maximum atomic E-state index is 12.8. The number of nitrogens with one attached hydrogen (secondary N) is 1. The van der Waals surface area contributed by atoms with Gasteiger partial charge in [0.25, 0.3) is 0 Å². The molecule has 1 N–H and O–H groups in total. The van der Waals surface area contributed by atoms with Crippen molar-refractivity contribution in [3.05, 3.63) is 59.2 Å². The van der Waals surface area contributed by atoms with Gasteiger partial charge < -0.3 is 10.1 Å². The third kappa shape index (κ3) is 6.47. The van der Waals surface area contributed by atoms with Crippen LogP contribution in [-0.2, 0) is 20.2 Å². The van der Waals surface area contributed by atoms with E-state index in [1.165, 1.54) is 4.31 Å². The Hall–Kier alpha value is -2.54. The molecule has 6 nitrogen and oxygen atoms in total. The summed E-state index contributed by atoms with van der Waals surface area (Å²) in [6.45, 7) is 12.2. The maximum absolute atomic E-state index is 12.8. The van der Waals surface area contributed by atoms with Crippen LogP contribution in [0.3, 0.4) is 0 Å². The van der Waals surface area contributed by atoms with Gasteiger partial charge in [0.2, 0.25) is 15.9 Å². The summed E-state index contributed by atoms with van der Waals surface area (Å²) >= 11 is 0. The van der Waals surface area contributed by atoms with Crippen LogP contribution in [0, 0.1) is 13.8 Å².